The summed E-state index contributed by atoms with van der Waals surface area (Å²) in [4.78, 5) is 23.8. The maximum atomic E-state index is 12.5. The third kappa shape index (κ3) is 5.66. The smallest absolute Gasteiger partial charge is 0.228 e. The number of ether oxygens (including phenoxy) is 2. The number of nitrogens with zero attached hydrogens (tertiary/aromatic N) is 3. The number of rotatable bonds is 6. The van der Waals surface area contributed by atoms with Crippen molar-refractivity contribution in [3.8, 4) is 5.75 Å². The summed E-state index contributed by atoms with van der Waals surface area (Å²) >= 11 is 12.0. The van der Waals surface area contributed by atoms with E-state index in [4.69, 9.17) is 32.7 Å². The van der Waals surface area contributed by atoms with E-state index >= 15 is 0 Å². The Balaban J connectivity index is 1.21. The maximum absolute atomic E-state index is 12.5. The predicted octanol–water partition coefficient (Wildman–Crippen LogP) is 3.03. The van der Waals surface area contributed by atoms with Crippen molar-refractivity contribution < 1.29 is 14.3 Å². The van der Waals surface area contributed by atoms with Crippen molar-refractivity contribution in [3.63, 3.8) is 0 Å². The molecule has 0 aliphatic carbocycles. The quantitative estimate of drug-likeness (QED) is 0.728. The highest BCUT2D eigenvalue weighted by molar-refractivity contribution is 6.42. The Labute approximate surface area is 186 Å². The fourth-order valence-electron chi connectivity index (χ4n) is 3.95. The zero-order chi connectivity index (χ0) is 20.9. The number of amides is 1. The lowest BCUT2D eigenvalue weighted by molar-refractivity contribution is -0.139. The number of aromatic amines is 1. The molecule has 0 bridgehead atoms. The summed E-state index contributed by atoms with van der Waals surface area (Å²) in [6.07, 6.45) is 5.73. The minimum atomic E-state index is 0.0389. The lowest BCUT2D eigenvalue weighted by Gasteiger charge is -2.38. The molecule has 2 aliphatic heterocycles. The maximum Gasteiger partial charge on any atom is 0.228 e. The van der Waals surface area contributed by atoms with Crippen LogP contribution in [0.5, 0.6) is 5.75 Å². The summed E-state index contributed by atoms with van der Waals surface area (Å²) in [6.45, 7) is 4.56. The number of likely N-dealkylation sites (tertiary alicyclic amines) is 1. The van der Waals surface area contributed by atoms with E-state index in [1.165, 1.54) is 0 Å². The van der Waals surface area contributed by atoms with Crippen molar-refractivity contribution >= 4 is 29.1 Å². The summed E-state index contributed by atoms with van der Waals surface area (Å²) in [5, 5.41) is 1.04. The normalized spacial score (nSPS) is 21.0. The van der Waals surface area contributed by atoms with Gasteiger partial charge in [0, 0.05) is 50.7 Å². The summed E-state index contributed by atoms with van der Waals surface area (Å²) in [5.74, 6) is 0.867. The monoisotopic (exact) mass is 452 g/mol. The topological polar surface area (TPSA) is 70.7 Å². The molecule has 1 aromatic heterocycles. The van der Waals surface area contributed by atoms with Crippen LogP contribution in [0.1, 0.15) is 18.5 Å². The molecule has 9 heteroatoms. The highest BCUT2D eigenvalue weighted by Crippen LogP contribution is 2.28. The Kier molecular flexibility index (Phi) is 7.15. The molecule has 1 amide bonds. The highest BCUT2D eigenvalue weighted by Gasteiger charge is 2.28. The number of aromatic nitrogens is 2. The molecule has 2 aromatic rings. The number of carbonyl (C=O) groups is 1. The van der Waals surface area contributed by atoms with E-state index < -0.39 is 0 Å². The minimum Gasteiger partial charge on any atom is -0.490 e. The van der Waals surface area contributed by atoms with Gasteiger partial charge in [0.05, 0.1) is 35.5 Å². The Hall–Kier alpha value is -1.80. The van der Waals surface area contributed by atoms with Gasteiger partial charge in [-0.05, 0) is 25.0 Å². The molecule has 0 spiro atoms. The molecule has 2 saturated heterocycles. The third-order valence-corrected chi connectivity index (χ3v) is 6.32. The molecule has 1 unspecified atom stereocenters. The van der Waals surface area contributed by atoms with Crippen molar-refractivity contribution in [2.75, 3.05) is 39.3 Å². The van der Waals surface area contributed by atoms with Crippen LogP contribution in [0.25, 0.3) is 0 Å². The zero-order valence-electron chi connectivity index (χ0n) is 16.7. The molecule has 3 heterocycles. The van der Waals surface area contributed by atoms with Crippen LogP contribution in [0, 0.1) is 0 Å². The summed E-state index contributed by atoms with van der Waals surface area (Å²) < 4.78 is 12.0. The van der Waals surface area contributed by atoms with Crippen molar-refractivity contribution in [1.82, 2.24) is 19.8 Å². The third-order valence-electron chi connectivity index (χ3n) is 5.58. The molecule has 30 heavy (non-hydrogen) atoms. The number of carbonyl (C=O) groups excluding carboxylic acids is 1. The second-order valence-electron chi connectivity index (χ2n) is 7.78. The van der Waals surface area contributed by atoms with Gasteiger partial charge in [0.2, 0.25) is 5.91 Å². The number of piperidine rings is 1. The van der Waals surface area contributed by atoms with Gasteiger partial charge in [-0.1, -0.05) is 23.2 Å². The van der Waals surface area contributed by atoms with Crippen LogP contribution < -0.4 is 4.74 Å². The van der Waals surface area contributed by atoms with Gasteiger partial charge in [0.25, 0.3) is 0 Å². The molecular weight excluding hydrogens is 427 g/mol. The predicted molar refractivity (Wildman–Crippen MR) is 115 cm³/mol. The van der Waals surface area contributed by atoms with Crippen molar-refractivity contribution in [1.29, 1.82) is 0 Å². The SMILES string of the molecule is O=C(Cc1cnc[nH]1)N1CCOC(CN2CCC(Oc3ccc(Cl)c(Cl)c3)CC2)C1. The molecule has 1 N–H and O–H groups in total. The number of halogens is 2. The van der Waals surface area contributed by atoms with E-state index in [1.54, 1.807) is 24.7 Å². The zero-order valence-corrected chi connectivity index (χ0v) is 18.2. The van der Waals surface area contributed by atoms with Crippen LogP contribution >= 0.6 is 23.2 Å². The van der Waals surface area contributed by atoms with Crippen molar-refractivity contribution in [3.05, 3.63) is 46.5 Å². The van der Waals surface area contributed by atoms with Crippen LogP contribution in [0.15, 0.2) is 30.7 Å². The standard InChI is InChI=1S/C21H26Cl2N4O3/c22-19-2-1-17(10-20(19)23)30-16-3-5-26(6-4-16)12-18-13-27(7-8-29-18)21(28)9-15-11-24-14-25-15/h1-2,10-11,14,16,18H,3-9,12-13H2,(H,24,25). The van der Waals surface area contributed by atoms with E-state index in [0.717, 1.165) is 43.9 Å². The number of imidazole rings is 1. The van der Waals surface area contributed by atoms with Crippen LogP contribution in [-0.2, 0) is 16.0 Å². The first-order valence-corrected chi connectivity index (χ1v) is 11.0. The number of H-pyrrole nitrogens is 1. The molecule has 4 rings (SSSR count). The number of hydrogen-bond donors (Lipinski definition) is 1. The van der Waals surface area contributed by atoms with Gasteiger partial charge in [0.15, 0.2) is 0 Å². The van der Waals surface area contributed by atoms with Gasteiger partial charge in [-0.3, -0.25) is 4.79 Å². The molecule has 2 fully saturated rings. The lowest BCUT2D eigenvalue weighted by atomic mass is 10.1. The second kappa shape index (κ2) is 10.0. The summed E-state index contributed by atoms with van der Waals surface area (Å²) in [5.41, 5.74) is 0.840. The fourth-order valence-corrected chi connectivity index (χ4v) is 4.24. The van der Waals surface area contributed by atoms with E-state index in [0.29, 0.717) is 36.2 Å². The number of benzene rings is 1. The summed E-state index contributed by atoms with van der Waals surface area (Å²) in [6, 6.07) is 5.38. The van der Waals surface area contributed by atoms with E-state index in [9.17, 15) is 4.79 Å². The molecule has 1 aromatic carbocycles. The Morgan fingerprint density at radius 3 is 2.80 bits per heavy atom. The van der Waals surface area contributed by atoms with Crippen molar-refractivity contribution in [2.24, 2.45) is 0 Å². The average molecular weight is 453 g/mol. The molecule has 2 aliphatic rings. The first kappa shape index (κ1) is 21.4. The highest BCUT2D eigenvalue weighted by atomic mass is 35.5. The van der Waals surface area contributed by atoms with Gasteiger partial charge in [-0.25, -0.2) is 4.98 Å². The minimum absolute atomic E-state index is 0.0389. The van der Waals surface area contributed by atoms with Gasteiger partial charge < -0.3 is 24.3 Å². The van der Waals surface area contributed by atoms with Crippen LogP contribution in [-0.4, -0.2) is 77.2 Å². The Morgan fingerprint density at radius 2 is 2.07 bits per heavy atom. The lowest BCUT2D eigenvalue weighted by Crippen LogP contribution is -2.51. The number of nitrogens with one attached hydrogen (secondary N) is 1. The molecule has 1 atom stereocenters. The summed E-state index contributed by atoms with van der Waals surface area (Å²) in [7, 11) is 0. The number of hydrogen-bond acceptors (Lipinski definition) is 5. The van der Waals surface area contributed by atoms with Crippen LogP contribution in [0.2, 0.25) is 10.0 Å². The van der Waals surface area contributed by atoms with Gasteiger partial charge >= 0.3 is 0 Å². The molecular formula is C21H26Cl2N4O3. The van der Waals surface area contributed by atoms with E-state index in [1.807, 2.05) is 11.0 Å². The molecule has 0 radical (unpaired) electrons. The molecule has 0 saturated carbocycles. The van der Waals surface area contributed by atoms with Gasteiger partial charge in [0.1, 0.15) is 11.9 Å². The van der Waals surface area contributed by atoms with Gasteiger partial charge in [-0.2, -0.15) is 0 Å². The van der Waals surface area contributed by atoms with E-state index in [2.05, 4.69) is 14.9 Å². The fraction of sp³-hybridized carbons (Fsp3) is 0.524. The Bertz CT molecular complexity index is 841. The van der Waals surface area contributed by atoms with Gasteiger partial charge in [-0.15, -0.1) is 0 Å². The van der Waals surface area contributed by atoms with E-state index in [-0.39, 0.29) is 18.1 Å². The van der Waals surface area contributed by atoms with Crippen LogP contribution in [0.3, 0.4) is 0 Å². The molecule has 162 valence electrons. The number of morpholine rings is 1. The Morgan fingerprint density at radius 1 is 1.23 bits per heavy atom. The average Bonchev–Trinajstić information content (AvgIpc) is 3.25. The second-order valence-corrected chi connectivity index (χ2v) is 8.59. The van der Waals surface area contributed by atoms with Crippen molar-refractivity contribution in [2.45, 2.75) is 31.5 Å². The largest absolute Gasteiger partial charge is 0.490 e. The molecule has 7 nitrogen and oxygen atoms in total. The first-order valence-electron chi connectivity index (χ1n) is 10.3. The van der Waals surface area contributed by atoms with Crippen LogP contribution in [0.4, 0.5) is 0 Å². The first-order chi connectivity index (χ1) is 14.6.